The van der Waals surface area contributed by atoms with E-state index in [1.165, 1.54) is 31.2 Å². The average Bonchev–Trinajstić information content (AvgIpc) is 2.72. The quantitative estimate of drug-likeness (QED) is 0.661. The number of hydrogen-bond acceptors (Lipinski definition) is 0. The van der Waals surface area contributed by atoms with Gasteiger partial charge in [0.1, 0.15) is 0 Å². The zero-order valence-corrected chi connectivity index (χ0v) is 10.8. The van der Waals surface area contributed by atoms with Crippen molar-refractivity contribution in [2.24, 2.45) is 11.3 Å². The van der Waals surface area contributed by atoms with Crippen molar-refractivity contribution in [3.63, 3.8) is 0 Å². The molecule has 2 aliphatic rings. The molecule has 86 valence electrons. The molecule has 0 aliphatic heterocycles. The van der Waals surface area contributed by atoms with E-state index in [2.05, 4.69) is 32.0 Å². The lowest BCUT2D eigenvalue weighted by Gasteiger charge is -2.13. The highest BCUT2D eigenvalue weighted by Crippen LogP contribution is 2.60. The summed E-state index contributed by atoms with van der Waals surface area (Å²) in [4.78, 5) is 0. The minimum absolute atomic E-state index is 0.223. The first kappa shape index (κ1) is 10.7. The molecule has 0 bridgehead atoms. The van der Waals surface area contributed by atoms with Gasteiger partial charge in [-0.15, -0.1) is 11.6 Å². The first-order chi connectivity index (χ1) is 7.58. The van der Waals surface area contributed by atoms with E-state index in [1.54, 1.807) is 11.1 Å². The standard InChI is InChI=1S/C15H19Cl/c1-15(2)9-13(15)14(16)12-7-6-10-4-3-5-11(10)8-12/h6-8,13-14H,3-5,9H2,1-2H3. The van der Waals surface area contributed by atoms with Crippen LogP contribution >= 0.6 is 11.6 Å². The molecule has 0 radical (unpaired) electrons. The summed E-state index contributed by atoms with van der Waals surface area (Å²) in [6.45, 7) is 4.64. The van der Waals surface area contributed by atoms with Crippen LogP contribution in [-0.4, -0.2) is 0 Å². The summed E-state index contributed by atoms with van der Waals surface area (Å²) in [5.74, 6) is 0.675. The van der Waals surface area contributed by atoms with Crippen molar-refractivity contribution in [3.8, 4) is 0 Å². The lowest BCUT2D eigenvalue weighted by molar-refractivity contribution is 0.548. The minimum Gasteiger partial charge on any atom is -0.117 e. The van der Waals surface area contributed by atoms with E-state index in [4.69, 9.17) is 11.6 Å². The summed E-state index contributed by atoms with van der Waals surface area (Å²) >= 11 is 6.59. The molecule has 1 aromatic rings. The fraction of sp³-hybridized carbons (Fsp3) is 0.600. The molecule has 0 amide bonds. The molecule has 0 heterocycles. The van der Waals surface area contributed by atoms with Crippen LogP contribution in [0, 0.1) is 11.3 Å². The third-order valence-corrected chi connectivity index (χ3v) is 4.94. The van der Waals surface area contributed by atoms with Crippen LogP contribution in [0.25, 0.3) is 0 Å². The fourth-order valence-corrected chi connectivity index (χ4v) is 3.57. The molecule has 0 nitrogen and oxygen atoms in total. The SMILES string of the molecule is CC1(C)CC1C(Cl)c1ccc2c(c1)CCC2. The Hall–Kier alpha value is -0.490. The molecule has 1 aromatic carbocycles. The fourth-order valence-electron chi connectivity index (χ4n) is 3.00. The van der Waals surface area contributed by atoms with E-state index in [9.17, 15) is 0 Å². The van der Waals surface area contributed by atoms with E-state index in [0.29, 0.717) is 11.3 Å². The third kappa shape index (κ3) is 1.68. The van der Waals surface area contributed by atoms with Crippen LogP contribution in [0.3, 0.4) is 0 Å². The maximum absolute atomic E-state index is 6.59. The lowest BCUT2D eigenvalue weighted by atomic mass is 9.99. The molecular weight excluding hydrogens is 216 g/mol. The van der Waals surface area contributed by atoms with Gasteiger partial charge in [-0.1, -0.05) is 32.0 Å². The topological polar surface area (TPSA) is 0 Å². The predicted molar refractivity (Wildman–Crippen MR) is 68.9 cm³/mol. The summed E-state index contributed by atoms with van der Waals surface area (Å²) in [7, 11) is 0. The zero-order valence-electron chi connectivity index (χ0n) is 10.1. The van der Waals surface area contributed by atoms with Crippen LogP contribution in [0.4, 0.5) is 0 Å². The first-order valence-electron chi connectivity index (χ1n) is 6.34. The van der Waals surface area contributed by atoms with Gasteiger partial charge >= 0.3 is 0 Å². The molecule has 0 spiro atoms. The normalized spacial score (nSPS) is 27.6. The molecule has 16 heavy (non-hydrogen) atoms. The van der Waals surface area contributed by atoms with Crippen molar-refractivity contribution in [3.05, 3.63) is 34.9 Å². The Morgan fingerprint density at radius 3 is 2.62 bits per heavy atom. The van der Waals surface area contributed by atoms with Gasteiger partial charge in [0.25, 0.3) is 0 Å². The molecule has 3 rings (SSSR count). The van der Waals surface area contributed by atoms with Gasteiger partial charge in [-0.25, -0.2) is 0 Å². The van der Waals surface area contributed by atoms with Crippen LogP contribution < -0.4 is 0 Å². The van der Waals surface area contributed by atoms with E-state index in [-0.39, 0.29) is 5.38 Å². The molecule has 0 N–H and O–H groups in total. The van der Waals surface area contributed by atoms with Crippen molar-refractivity contribution in [1.82, 2.24) is 0 Å². The molecule has 1 fully saturated rings. The van der Waals surface area contributed by atoms with E-state index in [0.717, 1.165) is 0 Å². The molecule has 1 heteroatoms. The van der Waals surface area contributed by atoms with E-state index in [1.807, 2.05) is 0 Å². The molecule has 2 aliphatic carbocycles. The lowest BCUT2D eigenvalue weighted by Crippen LogP contribution is -2.00. The summed E-state index contributed by atoms with van der Waals surface area (Å²) in [5, 5.41) is 0.223. The second-order valence-electron chi connectivity index (χ2n) is 6.08. The van der Waals surface area contributed by atoms with Gasteiger partial charge in [-0.2, -0.15) is 0 Å². The summed E-state index contributed by atoms with van der Waals surface area (Å²) in [6, 6.07) is 6.90. The number of rotatable bonds is 2. The summed E-state index contributed by atoms with van der Waals surface area (Å²) < 4.78 is 0. The second-order valence-corrected chi connectivity index (χ2v) is 6.55. The van der Waals surface area contributed by atoms with Crippen LogP contribution in [0.2, 0.25) is 0 Å². The molecule has 2 atom stereocenters. The van der Waals surface area contributed by atoms with Crippen LogP contribution in [0.1, 0.15) is 48.8 Å². The Labute approximate surface area is 103 Å². The van der Waals surface area contributed by atoms with Crippen molar-refractivity contribution in [2.75, 3.05) is 0 Å². The van der Waals surface area contributed by atoms with Gasteiger partial charge in [0, 0.05) is 0 Å². The van der Waals surface area contributed by atoms with Crippen molar-refractivity contribution in [1.29, 1.82) is 0 Å². The van der Waals surface area contributed by atoms with Crippen LogP contribution in [0.15, 0.2) is 18.2 Å². The van der Waals surface area contributed by atoms with Gasteiger partial charge in [-0.3, -0.25) is 0 Å². The Morgan fingerprint density at radius 2 is 1.94 bits per heavy atom. The highest BCUT2D eigenvalue weighted by Gasteiger charge is 2.49. The minimum atomic E-state index is 0.223. The second kappa shape index (κ2) is 3.50. The smallest absolute Gasteiger partial charge is 0.0618 e. The Bertz CT molecular complexity index is 419. The molecule has 2 unspecified atom stereocenters. The van der Waals surface area contributed by atoms with Crippen molar-refractivity contribution in [2.45, 2.75) is 44.9 Å². The Kier molecular flexibility index (Phi) is 2.33. The third-order valence-electron chi connectivity index (χ3n) is 4.38. The molecule has 0 aromatic heterocycles. The number of benzene rings is 1. The van der Waals surface area contributed by atoms with E-state index < -0.39 is 0 Å². The number of hydrogen-bond donors (Lipinski definition) is 0. The van der Waals surface area contributed by atoms with Crippen LogP contribution in [0.5, 0.6) is 0 Å². The number of halogens is 1. The number of aryl methyl sites for hydroxylation is 2. The van der Waals surface area contributed by atoms with Gasteiger partial charge < -0.3 is 0 Å². The largest absolute Gasteiger partial charge is 0.117 e. The van der Waals surface area contributed by atoms with Crippen molar-refractivity contribution < 1.29 is 0 Å². The number of alkyl halides is 1. The van der Waals surface area contributed by atoms with Gasteiger partial charge in [-0.05, 0) is 53.7 Å². The Morgan fingerprint density at radius 1 is 1.25 bits per heavy atom. The maximum atomic E-state index is 6.59. The van der Waals surface area contributed by atoms with Gasteiger partial charge in [0.15, 0.2) is 0 Å². The van der Waals surface area contributed by atoms with Gasteiger partial charge in [0.2, 0.25) is 0 Å². The first-order valence-corrected chi connectivity index (χ1v) is 6.77. The molecule has 1 saturated carbocycles. The predicted octanol–water partition coefficient (Wildman–Crippen LogP) is 4.50. The highest BCUT2D eigenvalue weighted by molar-refractivity contribution is 6.21. The average molecular weight is 235 g/mol. The molecular formula is C15H19Cl. The monoisotopic (exact) mass is 234 g/mol. The zero-order chi connectivity index (χ0) is 11.3. The summed E-state index contributed by atoms with van der Waals surface area (Å²) in [6.07, 6.45) is 5.11. The Balaban J connectivity index is 1.85. The van der Waals surface area contributed by atoms with E-state index >= 15 is 0 Å². The summed E-state index contributed by atoms with van der Waals surface area (Å²) in [5.41, 5.74) is 4.90. The maximum Gasteiger partial charge on any atom is 0.0618 e. The van der Waals surface area contributed by atoms with Gasteiger partial charge in [0.05, 0.1) is 5.38 Å². The number of fused-ring (bicyclic) bond motifs is 1. The van der Waals surface area contributed by atoms with Crippen molar-refractivity contribution >= 4 is 11.6 Å². The molecule has 0 saturated heterocycles. The van der Waals surface area contributed by atoms with Crippen LogP contribution in [-0.2, 0) is 12.8 Å². The highest BCUT2D eigenvalue weighted by atomic mass is 35.5.